The molecule has 0 amide bonds. The molecule has 0 aromatic heterocycles. The molecule has 1 atom stereocenters. The van der Waals surface area contributed by atoms with E-state index in [1.807, 2.05) is 0 Å². The molecule has 0 fully saturated rings. The molecule has 0 heterocycles. The summed E-state index contributed by atoms with van der Waals surface area (Å²) in [6, 6.07) is 0. The molecule has 0 saturated carbocycles. The van der Waals surface area contributed by atoms with Crippen molar-refractivity contribution in [3.8, 4) is 0 Å². The number of aliphatic hydroxyl groups is 1. The molecule has 0 aromatic carbocycles. The van der Waals surface area contributed by atoms with Gasteiger partial charge in [-0.2, -0.15) is 0 Å². The Balaban J connectivity index is 5.47. The first-order valence-electron chi connectivity index (χ1n) is 3.42. The van der Waals surface area contributed by atoms with Gasteiger partial charge in [-0.1, -0.05) is 0 Å². The van der Waals surface area contributed by atoms with Gasteiger partial charge in [-0.3, -0.25) is 0 Å². The van der Waals surface area contributed by atoms with Gasteiger partial charge in [0.1, 0.15) is 0 Å². The van der Waals surface area contributed by atoms with Gasteiger partial charge in [-0.25, -0.2) is 0 Å². The summed E-state index contributed by atoms with van der Waals surface area (Å²) in [5.41, 5.74) is -3.09. The van der Waals surface area contributed by atoms with E-state index >= 15 is 0 Å². The fraction of sp³-hybridized carbons (Fsp3) is 0.333. The second-order valence-electron chi connectivity index (χ2n) is 2.52. The Hall–Kier alpha value is -1.08. The van der Waals surface area contributed by atoms with E-state index in [0.29, 0.717) is 0 Å². The van der Waals surface area contributed by atoms with E-state index in [9.17, 15) is 22.3 Å². The molecular weight excluding hydrogens is 291 g/mol. The fourth-order valence-corrected chi connectivity index (χ4v) is 1.90. The van der Waals surface area contributed by atoms with Crippen molar-refractivity contribution in [2.75, 3.05) is 0 Å². The molecule has 1 unspecified atom stereocenters. The summed E-state index contributed by atoms with van der Waals surface area (Å²) in [7, 11) is 0. The van der Waals surface area contributed by atoms with Gasteiger partial charge < -0.3 is 0 Å². The number of hydrogen-bond acceptors (Lipinski definition) is 5. The predicted molar refractivity (Wildman–Crippen MR) is 38.2 cm³/mol. The van der Waals surface area contributed by atoms with E-state index in [4.69, 9.17) is 15.3 Å². The second-order valence-corrected chi connectivity index (χ2v) is 4.25. The van der Waals surface area contributed by atoms with Crippen molar-refractivity contribution < 1.29 is 60.4 Å². The fourth-order valence-electron chi connectivity index (χ4n) is 0.795. The molecule has 0 saturated heterocycles. The number of carbonyl (C=O) groups is 3. The SMILES string of the molecule is [O]=[Zr]=[C](C(=O)O)C(O)(CC(=O)O)C(=O)O. The van der Waals surface area contributed by atoms with Gasteiger partial charge in [0.15, 0.2) is 0 Å². The normalized spacial score (nSPS) is 13.4. The van der Waals surface area contributed by atoms with E-state index in [1.54, 1.807) is 0 Å². The summed E-state index contributed by atoms with van der Waals surface area (Å²) >= 11 is -3.01. The Morgan fingerprint density at radius 1 is 1.13 bits per heavy atom. The van der Waals surface area contributed by atoms with Crippen LogP contribution in [-0.4, -0.2) is 47.1 Å². The van der Waals surface area contributed by atoms with Crippen LogP contribution in [0.4, 0.5) is 0 Å². The summed E-state index contributed by atoms with van der Waals surface area (Å²) in [5, 5.41) is 34.6. The molecule has 9 heteroatoms. The van der Waals surface area contributed by atoms with E-state index in [2.05, 4.69) is 0 Å². The van der Waals surface area contributed by atoms with Crippen LogP contribution in [0.3, 0.4) is 0 Å². The van der Waals surface area contributed by atoms with Crippen molar-refractivity contribution in [2.24, 2.45) is 0 Å². The zero-order valence-corrected chi connectivity index (χ0v) is 9.59. The zero-order chi connectivity index (χ0) is 12.2. The molecule has 0 aliphatic rings. The monoisotopic (exact) mass is 296 g/mol. The Kier molecular flexibility index (Phi) is 4.76. The summed E-state index contributed by atoms with van der Waals surface area (Å²) in [6.07, 6.45) is -1.34. The molecule has 15 heavy (non-hydrogen) atoms. The van der Waals surface area contributed by atoms with Gasteiger partial charge in [0.2, 0.25) is 0 Å². The van der Waals surface area contributed by atoms with Gasteiger partial charge in [-0.15, -0.1) is 0 Å². The molecule has 4 N–H and O–H groups in total. The van der Waals surface area contributed by atoms with Crippen LogP contribution >= 0.6 is 0 Å². The summed E-state index contributed by atoms with van der Waals surface area (Å²) in [4.78, 5) is 31.3. The molecule has 0 rings (SSSR count). The quantitative estimate of drug-likeness (QED) is 0.453. The average molecular weight is 297 g/mol. The Bertz CT molecular complexity index is 367. The summed E-state index contributed by atoms with van der Waals surface area (Å²) in [5.74, 6) is -5.60. The van der Waals surface area contributed by atoms with Gasteiger partial charge >= 0.3 is 93.5 Å². The van der Waals surface area contributed by atoms with Crippen LogP contribution in [-0.2, 0) is 40.0 Å². The molecule has 82 valence electrons. The number of rotatable bonds is 5. The van der Waals surface area contributed by atoms with Gasteiger partial charge in [0.25, 0.3) is 0 Å². The van der Waals surface area contributed by atoms with Crippen molar-refractivity contribution >= 4 is 21.1 Å². The van der Waals surface area contributed by atoms with Gasteiger partial charge in [0, 0.05) is 0 Å². The molecule has 0 spiro atoms. The first-order chi connectivity index (χ1) is 6.75. The van der Waals surface area contributed by atoms with Crippen molar-refractivity contribution in [1.29, 1.82) is 0 Å². The third kappa shape index (κ3) is 3.21. The van der Waals surface area contributed by atoms with Crippen LogP contribution < -0.4 is 0 Å². The number of carboxylic acid groups (broad SMARTS) is 3. The predicted octanol–water partition coefficient (Wildman–Crippen LogP) is -2.04. The van der Waals surface area contributed by atoms with Gasteiger partial charge in [-0.05, 0) is 0 Å². The second kappa shape index (κ2) is 5.13. The van der Waals surface area contributed by atoms with Crippen LogP contribution in [0.1, 0.15) is 6.42 Å². The minimum atomic E-state index is -3.09. The van der Waals surface area contributed by atoms with Gasteiger partial charge in [0.05, 0.1) is 0 Å². The maximum absolute atomic E-state index is 10.6. The van der Waals surface area contributed by atoms with Crippen LogP contribution in [0.25, 0.3) is 0 Å². The van der Waals surface area contributed by atoms with Crippen molar-refractivity contribution in [3.05, 3.63) is 0 Å². The van der Waals surface area contributed by atoms with E-state index in [-0.39, 0.29) is 0 Å². The zero-order valence-electron chi connectivity index (χ0n) is 7.13. The molecule has 0 aliphatic carbocycles. The van der Waals surface area contributed by atoms with E-state index in [1.165, 1.54) is 0 Å². The Morgan fingerprint density at radius 3 is 1.80 bits per heavy atom. The van der Waals surface area contributed by atoms with Crippen LogP contribution in [0, 0.1) is 0 Å². The van der Waals surface area contributed by atoms with Crippen LogP contribution in [0.5, 0.6) is 0 Å². The molecule has 0 aromatic rings. The maximum atomic E-state index is 10.6. The number of carboxylic acids is 3. The van der Waals surface area contributed by atoms with Crippen LogP contribution in [0.15, 0.2) is 0 Å². The first-order valence-corrected chi connectivity index (χ1v) is 5.65. The number of hydrogen-bond donors (Lipinski definition) is 4. The van der Waals surface area contributed by atoms with Crippen molar-refractivity contribution in [2.45, 2.75) is 12.0 Å². The third-order valence-electron chi connectivity index (χ3n) is 1.49. The third-order valence-corrected chi connectivity index (χ3v) is 3.53. The Labute approximate surface area is 93.6 Å². The van der Waals surface area contributed by atoms with Crippen LogP contribution in [0.2, 0.25) is 0 Å². The summed E-state index contributed by atoms with van der Waals surface area (Å²) < 4.78 is 9.40. The van der Waals surface area contributed by atoms with Crippen molar-refractivity contribution in [1.82, 2.24) is 0 Å². The topological polar surface area (TPSA) is 149 Å². The number of aliphatic carboxylic acids is 3. The Morgan fingerprint density at radius 2 is 1.60 bits per heavy atom. The summed E-state index contributed by atoms with van der Waals surface area (Å²) in [6.45, 7) is 0. The molecule has 0 radical (unpaired) electrons. The minimum absolute atomic E-state index is 1.14. The molecular formula is C6H6O8Zr. The molecule has 8 nitrogen and oxygen atoms in total. The standard InChI is InChI=1S/C6H6O7.O.Zr/c7-3(8)1-6(13,5(11)12)2-4(9)10;;/h13H,1H2,(H,7,8)(H,9,10)(H,11,12);;. The average Bonchev–Trinajstić information content (AvgIpc) is 2.02. The van der Waals surface area contributed by atoms with Crippen molar-refractivity contribution in [3.63, 3.8) is 0 Å². The van der Waals surface area contributed by atoms with E-state index < -0.39 is 55.9 Å². The molecule has 0 bridgehead atoms. The molecule has 0 aliphatic heterocycles. The first kappa shape index (κ1) is 13.9. The van der Waals surface area contributed by atoms with E-state index in [0.717, 1.165) is 0 Å².